The van der Waals surface area contributed by atoms with Crippen LogP contribution >= 0.6 is 0 Å². The molecule has 2 aliphatic rings. The summed E-state index contributed by atoms with van der Waals surface area (Å²) in [5.74, 6) is 1.89. The van der Waals surface area contributed by atoms with Crippen molar-refractivity contribution in [3.8, 4) is 5.75 Å². The van der Waals surface area contributed by atoms with Crippen LogP contribution in [0.15, 0.2) is 18.2 Å². The van der Waals surface area contributed by atoms with Crippen molar-refractivity contribution in [2.45, 2.75) is 32.3 Å². The molecule has 2 atom stereocenters. The molecule has 2 heterocycles. The fraction of sp³-hybridized carbons (Fsp3) is 0.625. The molecule has 3 heteroatoms. The standard InChI is InChI=1S/C16H24N2O/c1-12-2-3-16-14(8-12)9-15(19-16)11-18-7-5-13(10-18)4-6-17/h2-3,8,13,15H,4-7,9-11,17H2,1H3. The van der Waals surface area contributed by atoms with Gasteiger partial charge in [-0.15, -0.1) is 0 Å². The first-order valence-electron chi connectivity index (χ1n) is 7.43. The van der Waals surface area contributed by atoms with Crippen molar-refractivity contribution in [3.63, 3.8) is 0 Å². The minimum Gasteiger partial charge on any atom is -0.488 e. The molecule has 0 spiro atoms. The van der Waals surface area contributed by atoms with Gasteiger partial charge in [-0.1, -0.05) is 17.7 Å². The molecular weight excluding hydrogens is 236 g/mol. The van der Waals surface area contributed by atoms with Gasteiger partial charge in [-0.3, -0.25) is 4.90 Å². The molecule has 0 bridgehead atoms. The van der Waals surface area contributed by atoms with Gasteiger partial charge in [0.25, 0.3) is 0 Å². The summed E-state index contributed by atoms with van der Waals surface area (Å²) in [6.07, 6.45) is 3.88. The summed E-state index contributed by atoms with van der Waals surface area (Å²) in [6, 6.07) is 6.51. The Morgan fingerprint density at radius 3 is 3.16 bits per heavy atom. The second-order valence-corrected chi connectivity index (χ2v) is 6.05. The van der Waals surface area contributed by atoms with Crippen molar-refractivity contribution in [2.75, 3.05) is 26.2 Å². The summed E-state index contributed by atoms with van der Waals surface area (Å²) in [5.41, 5.74) is 8.35. The molecule has 0 aromatic heterocycles. The summed E-state index contributed by atoms with van der Waals surface area (Å²) < 4.78 is 6.05. The fourth-order valence-electron chi connectivity index (χ4n) is 3.39. The molecule has 1 aromatic rings. The van der Waals surface area contributed by atoms with E-state index in [-0.39, 0.29) is 0 Å². The van der Waals surface area contributed by atoms with Crippen LogP contribution in [-0.2, 0) is 6.42 Å². The van der Waals surface area contributed by atoms with Gasteiger partial charge in [0, 0.05) is 19.5 Å². The van der Waals surface area contributed by atoms with Crippen molar-refractivity contribution < 1.29 is 4.74 Å². The highest BCUT2D eigenvalue weighted by atomic mass is 16.5. The molecule has 1 saturated heterocycles. The predicted molar refractivity (Wildman–Crippen MR) is 77.5 cm³/mol. The van der Waals surface area contributed by atoms with Gasteiger partial charge in [-0.05, 0) is 50.4 Å². The highest BCUT2D eigenvalue weighted by Gasteiger charge is 2.28. The number of nitrogens with zero attached hydrogens (tertiary/aromatic N) is 1. The van der Waals surface area contributed by atoms with Crippen LogP contribution in [-0.4, -0.2) is 37.2 Å². The molecule has 3 rings (SSSR count). The van der Waals surface area contributed by atoms with E-state index in [2.05, 4.69) is 30.0 Å². The van der Waals surface area contributed by atoms with Crippen molar-refractivity contribution in [3.05, 3.63) is 29.3 Å². The molecule has 1 fully saturated rings. The first-order chi connectivity index (χ1) is 9.24. The predicted octanol–water partition coefficient (Wildman–Crippen LogP) is 1.97. The number of fused-ring (bicyclic) bond motifs is 1. The van der Waals surface area contributed by atoms with E-state index in [4.69, 9.17) is 10.5 Å². The summed E-state index contributed by atoms with van der Waals surface area (Å²) in [5, 5.41) is 0. The van der Waals surface area contributed by atoms with Crippen molar-refractivity contribution in [1.82, 2.24) is 4.90 Å². The maximum atomic E-state index is 6.05. The number of nitrogens with two attached hydrogens (primary N) is 1. The Hall–Kier alpha value is -1.06. The summed E-state index contributed by atoms with van der Waals surface area (Å²) in [7, 11) is 0. The lowest BCUT2D eigenvalue weighted by molar-refractivity contribution is 0.165. The Morgan fingerprint density at radius 1 is 1.42 bits per heavy atom. The van der Waals surface area contributed by atoms with Crippen LogP contribution in [0.2, 0.25) is 0 Å². The lowest BCUT2D eigenvalue weighted by Crippen LogP contribution is -2.33. The fourth-order valence-corrected chi connectivity index (χ4v) is 3.39. The number of ether oxygens (including phenoxy) is 1. The van der Waals surface area contributed by atoms with Gasteiger partial charge >= 0.3 is 0 Å². The van der Waals surface area contributed by atoms with Crippen LogP contribution in [0.5, 0.6) is 5.75 Å². The first-order valence-corrected chi connectivity index (χ1v) is 7.43. The third kappa shape index (κ3) is 2.93. The highest BCUT2D eigenvalue weighted by molar-refractivity contribution is 5.40. The van der Waals surface area contributed by atoms with Crippen LogP contribution in [0.4, 0.5) is 0 Å². The summed E-state index contributed by atoms with van der Waals surface area (Å²) >= 11 is 0. The van der Waals surface area contributed by atoms with Gasteiger partial charge in [-0.25, -0.2) is 0 Å². The normalized spacial score (nSPS) is 26.4. The van der Waals surface area contributed by atoms with Crippen LogP contribution in [0.25, 0.3) is 0 Å². The Balaban J connectivity index is 1.54. The van der Waals surface area contributed by atoms with Gasteiger partial charge in [0.05, 0.1) is 0 Å². The number of likely N-dealkylation sites (tertiary alicyclic amines) is 1. The molecule has 0 amide bonds. The Morgan fingerprint density at radius 2 is 2.32 bits per heavy atom. The smallest absolute Gasteiger partial charge is 0.123 e. The molecule has 0 saturated carbocycles. The average Bonchev–Trinajstić information content (AvgIpc) is 2.96. The van der Waals surface area contributed by atoms with E-state index < -0.39 is 0 Å². The zero-order valence-electron chi connectivity index (χ0n) is 11.8. The zero-order valence-corrected chi connectivity index (χ0v) is 11.8. The molecule has 3 nitrogen and oxygen atoms in total. The second kappa shape index (κ2) is 5.51. The van der Waals surface area contributed by atoms with Crippen molar-refractivity contribution in [1.29, 1.82) is 0 Å². The molecule has 0 radical (unpaired) electrons. The molecule has 2 aliphatic heterocycles. The van der Waals surface area contributed by atoms with Gasteiger partial charge in [0.2, 0.25) is 0 Å². The quantitative estimate of drug-likeness (QED) is 0.899. The largest absolute Gasteiger partial charge is 0.488 e. The first kappa shape index (κ1) is 12.9. The Kier molecular flexibility index (Phi) is 3.76. The third-order valence-electron chi connectivity index (χ3n) is 4.36. The zero-order chi connectivity index (χ0) is 13.2. The van der Waals surface area contributed by atoms with E-state index in [0.29, 0.717) is 6.10 Å². The van der Waals surface area contributed by atoms with E-state index in [1.807, 2.05) is 0 Å². The third-order valence-corrected chi connectivity index (χ3v) is 4.36. The van der Waals surface area contributed by atoms with Crippen molar-refractivity contribution >= 4 is 0 Å². The van der Waals surface area contributed by atoms with Crippen molar-refractivity contribution in [2.24, 2.45) is 11.7 Å². The molecular formula is C16H24N2O. The van der Waals surface area contributed by atoms with Crippen LogP contribution < -0.4 is 10.5 Å². The Bertz CT molecular complexity index is 446. The molecule has 19 heavy (non-hydrogen) atoms. The maximum absolute atomic E-state index is 6.05. The number of benzene rings is 1. The topological polar surface area (TPSA) is 38.5 Å². The highest BCUT2D eigenvalue weighted by Crippen LogP contribution is 2.30. The Labute approximate surface area is 115 Å². The molecule has 1 aromatic carbocycles. The SMILES string of the molecule is Cc1ccc2c(c1)CC(CN1CCC(CCN)C1)O2. The molecule has 104 valence electrons. The monoisotopic (exact) mass is 260 g/mol. The van der Waals surface area contributed by atoms with E-state index >= 15 is 0 Å². The molecule has 2 N–H and O–H groups in total. The van der Waals surface area contributed by atoms with E-state index in [9.17, 15) is 0 Å². The van der Waals surface area contributed by atoms with E-state index in [1.165, 1.54) is 37.1 Å². The number of aryl methyl sites for hydroxylation is 1. The maximum Gasteiger partial charge on any atom is 0.123 e. The molecule has 2 unspecified atom stereocenters. The second-order valence-electron chi connectivity index (χ2n) is 6.05. The van der Waals surface area contributed by atoms with Gasteiger partial charge in [0.1, 0.15) is 11.9 Å². The molecule has 0 aliphatic carbocycles. The van der Waals surface area contributed by atoms with Crippen LogP contribution in [0.1, 0.15) is 24.0 Å². The van der Waals surface area contributed by atoms with Crippen LogP contribution in [0.3, 0.4) is 0 Å². The minimum atomic E-state index is 0.341. The van der Waals surface area contributed by atoms with Crippen LogP contribution in [0, 0.1) is 12.8 Å². The van der Waals surface area contributed by atoms with E-state index in [1.54, 1.807) is 0 Å². The lowest BCUT2D eigenvalue weighted by atomic mass is 10.1. The number of rotatable bonds is 4. The van der Waals surface area contributed by atoms with Gasteiger partial charge < -0.3 is 10.5 Å². The number of hydrogen-bond donors (Lipinski definition) is 1. The minimum absolute atomic E-state index is 0.341. The van der Waals surface area contributed by atoms with Gasteiger partial charge in [0.15, 0.2) is 0 Å². The van der Waals surface area contributed by atoms with Gasteiger partial charge in [-0.2, -0.15) is 0 Å². The summed E-state index contributed by atoms with van der Waals surface area (Å²) in [4.78, 5) is 2.55. The summed E-state index contributed by atoms with van der Waals surface area (Å²) in [6.45, 7) is 6.44. The average molecular weight is 260 g/mol. The van der Waals surface area contributed by atoms with E-state index in [0.717, 1.165) is 31.2 Å². The lowest BCUT2D eigenvalue weighted by Gasteiger charge is -2.20. The number of hydrogen-bond acceptors (Lipinski definition) is 3.